The molecular weight excluding hydrogens is 268 g/mol. The highest BCUT2D eigenvalue weighted by Gasteiger charge is 2.13. The molecule has 0 bridgehead atoms. The molecule has 0 aliphatic rings. The Labute approximate surface area is 124 Å². The molecule has 0 radical (unpaired) electrons. The van der Waals surface area contributed by atoms with Crippen LogP contribution in [0.3, 0.4) is 0 Å². The molecule has 0 spiro atoms. The Morgan fingerprint density at radius 1 is 1.40 bits per heavy atom. The van der Waals surface area contributed by atoms with Crippen molar-refractivity contribution in [1.29, 1.82) is 0 Å². The van der Waals surface area contributed by atoms with Crippen LogP contribution in [0.4, 0.5) is 5.69 Å². The van der Waals surface area contributed by atoms with E-state index in [0.717, 1.165) is 47.8 Å². The van der Waals surface area contributed by atoms with Crippen molar-refractivity contribution in [2.24, 2.45) is 0 Å². The number of pyridine rings is 1. The van der Waals surface area contributed by atoms with Crippen LogP contribution in [-0.4, -0.2) is 22.6 Å². The lowest BCUT2D eigenvalue weighted by atomic mass is 10.0. The number of hydrogen-bond donors (Lipinski definition) is 2. The molecule has 5 heteroatoms. The first-order valence-electron chi connectivity index (χ1n) is 7.01. The first kappa shape index (κ1) is 14.9. The Balaban J connectivity index is 2.05. The van der Waals surface area contributed by atoms with Gasteiger partial charge in [0.1, 0.15) is 0 Å². The quantitative estimate of drug-likeness (QED) is 0.822. The van der Waals surface area contributed by atoms with Crippen molar-refractivity contribution in [1.82, 2.24) is 15.3 Å². The average molecular weight is 290 g/mol. The molecule has 1 atom stereocenters. The summed E-state index contributed by atoms with van der Waals surface area (Å²) >= 11 is 1.70. The number of nitrogens with one attached hydrogen (secondary N) is 1. The highest BCUT2D eigenvalue weighted by Crippen LogP contribution is 2.15. The van der Waals surface area contributed by atoms with Crippen molar-refractivity contribution in [3.63, 3.8) is 0 Å². The Bertz CT molecular complexity index is 538. The molecule has 1 unspecified atom stereocenters. The van der Waals surface area contributed by atoms with Crippen molar-refractivity contribution < 1.29 is 0 Å². The summed E-state index contributed by atoms with van der Waals surface area (Å²) in [5, 5.41) is 6.85. The third-order valence-electron chi connectivity index (χ3n) is 3.21. The van der Waals surface area contributed by atoms with Crippen molar-refractivity contribution in [3.8, 4) is 0 Å². The minimum atomic E-state index is 0.350. The molecule has 3 N–H and O–H groups in total. The van der Waals surface area contributed by atoms with E-state index in [1.807, 2.05) is 19.2 Å². The maximum absolute atomic E-state index is 6.01. The van der Waals surface area contributed by atoms with Gasteiger partial charge in [-0.2, -0.15) is 0 Å². The molecule has 0 fully saturated rings. The largest absolute Gasteiger partial charge is 0.398 e. The van der Waals surface area contributed by atoms with Crippen LogP contribution in [0.25, 0.3) is 0 Å². The number of hydrogen-bond acceptors (Lipinski definition) is 5. The molecule has 0 amide bonds. The second kappa shape index (κ2) is 7.36. The molecule has 2 heterocycles. The van der Waals surface area contributed by atoms with Gasteiger partial charge in [-0.3, -0.25) is 4.98 Å². The van der Waals surface area contributed by atoms with E-state index >= 15 is 0 Å². The number of thiazole rings is 1. The van der Waals surface area contributed by atoms with Gasteiger partial charge < -0.3 is 11.1 Å². The highest BCUT2D eigenvalue weighted by molar-refractivity contribution is 7.09. The lowest BCUT2D eigenvalue weighted by Gasteiger charge is -2.18. The van der Waals surface area contributed by atoms with E-state index in [9.17, 15) is 0 Å². The van der Waals surface area contributed by atoms with E-state index in [1.54, 1.807) is 17.5 Å². The molecular formula is C15H22N4S. The summed E-state index contributed by atoms with van der Waals surface area (Å²) in [6.07, 6.45) is 6.53. The zero-order valence-electron chi connectivity index (χ0n) is 12.1. The van der Waals surface area contributed by atoms with Crippen molar-refractivity contribution in [2.45, 2.75) is 39.2 Å². The van der Waals surface area contributed by atoms with Gasteiger partial charge in [-0.15, -0.1) is 11.3 Å². The Hall–Kier alpha value is -1.46. The van der Waals surface area contributed by atoms with Crippen LogP contribution in [0.2, 0.25) is 0 Å². The number of nitrogen functional groups attached to an aromatic ring is 1. The molecule has 108 valence electrons. The number of nitrogens with two attached hydrogens (primary N) is 1. The first-order chi connectivity index (χ1) is 9.69. The van der Waals surface area contributed by atoms with E-state index in [1.165, 1.54) is 0 Å². The third kappa shape index (κ3) is 4.28. The summed E-state index contributed by atoms with van der Waals surface area (Å²) in [5.74, 6) is 0. The smallest absolute Gasteiger partial charge is 0.0897 e. The van der Waals surface area contributed by atoms with Gasteiger partial charge in [0.05, 0.1) is 10.7 Å². The van der Waals surface area contributed by atoms with Crippen molar-refractivity contribution in [3.05, 3.63) is 40.1 Å². The Morgan fingerprint density at radius 3 is 2.90 bits per heavy atom. The van der Waals surface area contributed by atoms with Gasteiger partial charge in [0.25, 0.3) is 0 Å². The van der Waals surface area contributed by atoms with E-state index in [4.69, 9.17) is 5.73 Å². The second-order valence-electron chi connectivity index (χ2n) is 4.99. The van der Waals surface area contributed by atoms with Crippen molar-refractivity contribution >= 4 is 17.0 Å². The predicted molar refractivity (Wildman–Crippen MR) is 85.0 cm³/mol. The molecule has 0 saturated heterocycles. The van der Waals surface area contributed by atoms with E-state index in [2.05, 4.69) is 27.6 Å². The molecule has 2 aromatic rings. The normalized spacial score (nSPS) is 12.5. The fraction of sp³-hybridized carbons (Fsp3) is 0.467. The van der Waals surface area contributed by atoms with Crippen molar-refractivity contribution in [2.75, 3.05) is 12.3 Å². The zero-order chi connectivity index (χ0) is 14.4. The fourth-order valence-electron chi connectivity index (χ4n) is 2.19. The maximum Gasteiger partial charge on any atom is 0.0897 e. The molecule has 0 aliphatic carbocycles. The summed E-state index contributed by atoms with van der Waals surface area (Å²) in [4.78, 5) is 8.72. The maximum atomic E-state index is 6.01. The van der Waals surface area contributed by atoms with Crippen LogP contribution in [0.15, 0.2) is 23.8 Å². The van der Waals surface area contributed by atoms with Gasteiger partial charge in [-0.25, -0.2) is 4.98 Å². The lowest BCUT2D eigenvalue weighted by molar-refractivity contribution is 0.501. The molecule has 2 aromatic heterocycles. The predicted octanol–water partition coefficient (Wildman–Crippen LogP) is 2.58. The number of aryl methyl sites for hydroxylation is 1. The van der Waals surface area contributed by atoms with Gasteiger partial charge in [0.2, 0.25) is 0 Å². The summed E-state index contributed by atoms with van der Waals surface area (Å²) in [6.45, 7) is 5.23. The van der Waals surface area contributed by atoms with Gasteiger partial charge in [0, 0.05) is 35.9 Å². The highest BCUT2D eigenvalue weighted by atomic mass is 32.1. The summed E-state index contributed by atoms with van der Waals surface area (Å²) < 4.78 is 0. The average Bonchev–Trinajstić information content (AvgIpc) is 2.84. The van der Waals surface area contributed by atoms with Crippen LogP contribution in [0, 0.1) is 6.92 Å². The van der Waals surface area contributed by atoms with E-state index < -0.39 is 0 Å². The summed E-state index contributed by atoms with van der Waals surface area (Å²) in [6, 6.07) is 2.21. The number of aromatic nitrogens is 2. The van der Waals surface area contributed by atoms with Crippen LogP contribution in [-0.2, 0) is 12.8 Å². The fourth-order valence-corrected chi connectivity index (χ4v) is 2.82. The molecule has 0 saturated carbocycles. The molecule has 4 nitrogen and oxygen atoms in total. The standard InChI is InChI=1S/C15H22N4S/c1-3-5-18-13(8-14-10-20-11(2)19-14)7-12-9-17-6-4-15(12)16/h4,6,9-10,13,18H,3,5,7-8H2,1-2H3,(H2,16,17). The van der Waals surface area contributed by atoms with Gasteiger partial charge in [-0.1, -0.05) is 6.92 Å². The minimum Gasteiger partial charge on any atom is -0.398 e. The second-order valence-corrected chi connectivity index (χ2v) is 6.05. The van der Waals surface area contributed by atoms with Gasteiger partial charge in [0.15, 0.2) is 0 Å². The number of nitrogens with zero attached hydrogens (tertiary/aromatic N) is 2. The minimum absolute atomic E-state index is 0.350. The Kier molecular flexibility index (Phi) is 5.49. The molecule has 2 rings (SSSR count). The van der Waals surface area contributed by atoms with Gasteiger partial charge >= 0.3 is 0 Å². The van der Waals surface area contributed by atoms with E-state index in [-0.39, 0.29) is 0 Å². The van der Waals surface area contributed by atoms with Crippen LogP contribution < -0.4 is 11.1 Å². The topological polar surface area (TPSA) is 63.8 Å². The summed E-state index contributed by atoms with van der Waals surface area (Å²) in [7, 11) is 0. The molecule has 0 aromatic carbocycles. The summed E-state index contributed by atoms with van der Waals surface area (Å²) in [5.41, 5.74) is 9.09. The SMILES string of the molecule is CCCNC(Cc1csc(C)n1)Cc1cnccc1N. The van der Waals surface area contributed by atoms with Crippen LogP contribution in [0.1, 0.15) is 29.6 Å². The third-order valence-corrected chi connectivity index (χ3v) is 4.04. The molecule has 0 aliphatic heterocycles. The number of anilines is 1. The van der Waals surface area contributed by atoms with Crippen LogP contribution in [0.5, 0.6) is 0 Å². The van der Waals surface area contributed by atoms with Gasteiger partial charge in [-0.05, 0) is 37.9 Å². The molecule has 20 heavy (non-hydrogen) atoms. The monoisotopic (exact) mass is 290 g/mol. The first-order valence-corrected chi connectivity index (χ1v) is 7.89. The lowest BCUT2D eigenvalue weighted by Crippen LogP contribution is -2.34. The zero-order valence-corrected chi connectivity index (χ0v) is 12.9. The number of rotatable bonds is 7. The van der Waals surface area contributed by atoms with E-state index in [0.29, 0.717) is 6.04 Å². The Morgan fingerprint density at radius 2 is 2.25 bits per heavy atom. The van der Waals surface area contributed by atoms with Crippen LogP contribution >= 0.6 is 11.3 Å².